The molecule has 0 aliphatic carbocycles. The Bertz CT molecular complexity index is 515. The van der Waals surface area contributed by atoms with Gasteiger partial charge in [0.1, 0.15) is 0 Å². The van der Waals surface area contributed by atoms with Gasteiger partial charge < -0.3 is 4.90 Å². The summed E-state index contributed by atoms with van der Waals surface area (Å²) in [6, 6.07) is 13.0. The first-order valence-corrected chi connectivity index (χ1v) is 6.58. The van der Waals surface area contributed by atoms with Gasteiger partial charge in [-0.05, 0) is 30.4 Å². The van der Waals surface area contributed by atoms with Gasteiger partial charge in [-0.2, -0.15) is 0 Å². The molecule has 1 heterocycles. The molecule has 2 aromatic rings. The van der Waals surface area contributed by atoms with Gasteiger partial charge in [0.25, 0.3) is 0 Å². The highest BCUT2D eigenvalue weighted by atomic mass is 79.9. The third-order valence-electron chi connectivity index (χ3n) is 3.29. The molecule has 82 valence electrons. The Balaban J connectivity index is 2.20. The van der Waals surface area contributed by atoms with Crippen molar-refractivity contribution >= 4 is 32.4 Å². The molecule has 1 aliphatic rings. The van der Waals surface area contributed by atoms with E-state index in [1.54, 1.807) is 0 Å². The molecule has 0 radical (unpaired) electrons. The van der Waals surface area contributed by atoms with Crippen molar-refractivity contribution < 1.29 is 0 Å². The number of halogens is 1. The van der Waals surface area contributed by atoms with Crippen LogP contribution in [0.5, 0.6) is 0 Å². The van der Waals surface area contributed by atoms with Crippen molar-refractivity contribution in [2.45, 2.75) is 12.8 Å². The predicted molar refractivity (Wildman–Crippen MR) is 73.1 cm³/mol. The Morgan fingerprint density at radius 2 is 1.56 bits per heavy atom. The van der Waals surface area contributed by atoms with E-state index in [1.807, 2.05) is 0 Å². The van der Waals surface area contributed by atoms with E-state index in [0.29, 0.717) is 0 Å². The van der Waals surface area contributed by atoms with Crippen LogP contribution in [0.2, 0.25) is 0 Å². The molecule has 0 spiro atoms. The van der Waals surface area contributed by atoms with Crippen molar-refractivity contribution in [2.24, 2.45) is 0 Å². The molecule has 1 saturated heterocycles. The van der Waals surface area contributed by atoms with E-state index in [4.69, 9.17) is 0 Å². The molecule has 0 unspecified atom stereocenters. The second-order valence-electron chi connectivity index (χ2n) is 4.31. The SMILES string of the molecule is Brc1cccc2c(N3CCCC3)cccc12. The maximum atomic E-state index is 3.62. The highest BCUT2D eigenvalue weighted by Gasteiger charge is 2.14. The second-order valence-corrected chi connectivity index (χ2v) is 5.16. The number of fused-ring (bicyclic) bond motifs is 1. The number of rotatable bonds is 1. The van der Waals surface area contributed by atoms with E-state index in [2.05, 4.69) is 57.2 Å². The third kappa shape index (κ3) is 1.61. The van der Waals surface area contributed by atoms with Crippen LogP contribution >= 0.6 is 15.9 Å². The Kier molecular flexibility index (Phi) is 2.60. The summed E-state index contributed by atoms with van der Waals surface area (Å²) in [6.07, 6.45) is 2.65. The molecule has 2 heteroatoms. The van der Waals surface area contributed by atoms with Gasteiger partial charge in [0.05, 0.1) is 0 Å². The van der Waals surface area contributed by atoms with Gasteiger partial charge in [0.15, 0.2) is 0 Å². The lowest BCUT2D eigenvalue weighted by Crippen LogP contribution is -2.17. The number of hydrogen-bond acceptors (Lipinski definition) is 1. The number of hydrogen-bond donors (Lipinski definition) is 0. The van der Waals surface area contributed by atoms with Gasteiger partial charge in [-0.3, -0.25) is 0 Å². The summed E-state index contributed by atoms with van der Waals surface area (Å²) in [7, 11) is 0. The molecule has 16 heavy (non-hydrogen) atoms. The normalized spacial score (nSPS) is 15.9. The number of benzene rings is 2. The van der Waals surface area contributed by atoms with E-state index in [-0.39, 0.29) is 0 Å². The molecule has 3 rings (SSSR count). The van der Waals surface area contributed by atoms with Crippen LogP contribution in [0.1, 0.15) is 12.8 Å². The van der Waals surface area contributed by atoms with Crippen LogP contribution in [-0.2, 0) is 0 Å². The van der Waals surface area contributed by atoms with E-state index >= 15 is 0 Å². The third-order valence-corrected chi connectivity index (χ3v) is 3.98. The quantitative estimate of drug-likeness (QED) is 0.754. The maximum absolute atomic E-state index is 3.62. The lowest BCUT2D eigenvalue weighted by Gasteiger charge is -2.20. The van der Waals surface area contributed by atoms with Crippen molar-refractivity contribution in [3.05, 3.63) is 40.9 Å². The van der Waals surface area contributed by atoms with Gasteiger partial charge in [-0.15, -0.1) is 0 Å². The summed E-state index contributed by atoms with van der Waals surface area (Å²) in [5, 5.41) is 2.67. The molecule has 0 saturated carbocycles. The maximum Gasteiger partial charge on any atom is 0.0446 e. The fourth-order valence-corrected chi connectivity index (χ4v) is 2.99. The molecule has 0 N–H and O–H groups in total. The lowest BCUT2D eigenvalue weighted by molar-refractivity contribution is 0.949. The average molecular weight is 276 g/mol. The standard InChI is InChI=1S/C14H14BrN/c15-13-7-3-6-12-11(13)5-4-8-14(12)16-9-1-2-10-16/h3-8H,1-2,9-10H2. The largest absolute Gasteiger partial charge is 0.371 e. The molecular weight excluding hydrogens is 262 g/mol. The van der Waals surface area contributed by atoms with Crippen LogP contribution in [0.4, 0.5) is 5.69 Å². The summed E-state index contributed by atoms with van der Waals surface area (Å²) in [4.78, 5) is 2.49. The van der Waals surface area contributed by atoms with E-state index in [9.17, 15) is 0 Å². The minimum Gasteiger partial charge on any atom is -0.371 e. The highest BCUT2D eigenvalue weighted by Crippen LogP contribution is 2.32. The summed E-state index contributed by atoms with van der Waals surface area (Å²) < 4.78 is 1.19. The van der Waals surface area contributed by atoms with Crippen molar-refractivity contribution in [1.29, 1.82) is 0 Å². The molecule has 0 atom stereocenters. The smallest absolute Gasteiger partial charge is 0.0446 e. The Morgan fingerprint density at radius 3 is 2.38 bits per heavy atom. The molecule has 1 nitrogen and oxygen atoms in total. The molecular formula is C14H14BrN. The fourth-order valence-electron chi connectivity index (χ4n) is 2.49. The first kappa shape index (κ1) is 10.2. The topological polar surface area (TPSA) is 3.24 Å². The van der Waals surface area contributed by atoms with Crippen LogP contribution < -0.4 is 4.90 Å². The summed E-state index contributed by atoms with van der Waals surface area (Å²) >= 11 is 3.62. The molecule has 1 fully saturated rings. The van der Waals surface area contributed by atoms with Gasteiger partial charge in [0.2, 0.25) is 0 Å². The van der Waals surface area contributed by atoms with Crippen molar-refractivity contribution in [3.8, 4) is 0 Å². The predicted octanol–water partition coefficient (Wildman–Crippen LogP) is 4.20. The highest BCUT2D eigenvalue weighted by molar-refractivity contribution is 9.10. The Morgan fingerprint density at radius 1 is 0.875 bits per heavy atom. The number of anilines is 1. The Hall–Kier alpha value is -1.02. The zero-order chi connectivity index (χ0) is 11.0. The van der Waals surface area contributed by atoms with Crippen LogP contribution in [0, 0.1) is 0 Å². The van der Waals surface area contributed by atoms with Gasteiger partial charge >= 0.3 is 0 Å². The zero-order valence-corrected chi connectivity index (χ0v) is 10.7. The van der Waals surface area contributed by atoms with Crippen LogP contribution in [-0.4, -0.2) is 13.1 Å². The molecule has 0 amide bonds. The second kappa shape index (κ2) is 4.10. The van der Waals surface area contributed by atoms with E-state index in [1.165, 1.54) is 46.9 Å². The molecule has 0 bridgehead atoms. The first-order chi connectivity index (χ1) is 7.86. The molecule has 2 aromatic carbocycles. The van der Waals surface area contributed by atoms with Gasteiger partial charge in [-0.1, -0.05) is 40.2 Å². The molecule has 0 aromatic heterocycles. The van der Waals surface area contributed by atoms with Gasteiger partial charge in [-0.25, -0.2) is 0 Å². The first-order valence-electron chi connectivity index (χ1n) is 5.78. The fraction of sp³-hybridized carbons (Fsp3) is 0.286. The van der Waals surface area contributed by atoms with Crippen molar-refractivity contribution in [3.63, 3.8) is 0 Å². The summed E-state index contributed by atoms with van der Waals surface area (Å²) in [5.74, 6) is 0. The van der Waals surface area contributed by atoms with E-state index in [0.717, 1.165) is 0 Å². The monoisotopic (exact) mass is 275 g/mol. The van der Waals surface area contributed by atoms with Crippen LogP contribution in [0.25, 0.3) is 10.8 Å². The van der Waals surface area contributed by atoms with Crippen LogP contribution in [0.15, 0.2) is 40.9 Å². The van der Waals surface area contributed by atoms with Gasteiger partial charge in [0, 0.05) is 28.6 Å². The summed E-state index contributed by atoms with van der Waals surface area (Å²) in [6.45, 7) is 2.40. The minimum absolute atomic E-state index is 1.19. The number of nitrogens with zero attached hydrogens (tertiary/aromatic N) is 1. The van der Waals surface area contributed by atoms with Crippen molar-refractivity contribution in [1.82, 2.24) is 0 Å². The summed E-state index contributed by atoms with van der Waals surface area (Å²) in [5.41, 5.74) is 1.39. The minimum atomic E-state index is 1.19. The Labute approximate surface area is 104 Å². The lowest BCUT2D eigenvalue weighted by atomic mass is 10.1. The van der Waals surface area contributed by atoms with Crippen LogP contribution in [0.3, 0.4) is 0 Å². The van der Waals surface area contributed by atoms with Crippen molar-refractivity contribution in [2.75, 3.05) is 18.0 Å². The molecule has 1 aliphatic heterocycles. The average Bonchev–Trinajstić information content (AvgIpc) is 2.82. The van der Waals surface area contributed by atoms with E-state index < -0.39 is 0 Å². The zero-order valence-electron chi connectivity index (χ0n) is 9.12.